The zero-order valence-electron chi connectivity index (χ0n) is 11.8. The fourth-order valence-electron chi connectivity index (χ4n) is 2.69. The molecule has 1 N–H and O–H groups in total. The van der Waals surface area contributed by atoms with Crippen molar-refractivity contribution in [2.24, 2.45) is 4.99 Å². The van der Waals surface area contributed by atoms with Gasteiger partial charge in [-0.2, -0.15) is 0 Å². The van der Waals surface area contributed by atoms with Crippen LogP contribution < -0.4 is 4.90 Å². The zero-order valence-corrected chi connectivity index (χ0v) is 15.8. The Morgan fingerprint density at radius 3 is 2.78 bits per heavy atom. The molecule has 6 nitrogen and oxygen atoms in total. The van der Waals surface area contributed by atoms with Crippen LogP contribution in [0.25, 0.3) is 0 Å². The minimum atomic E-state index is -0.0863. The van der Waals surface area contributed by atoms with Crippen LogP contribution >= 0.6 is 44.5 Å². The Kier molecular flexibility index (Phi) is 4.48. The number of hydrogen-bond donors (Lipinski definition) is 1. The molecule has 0 saturated carbocycles. The summed E-state index contributed by atoms with van der Waals surface area (Å²) in [4.78, 5) is 27.9. The standard InChI is InChI=1S/C14H11BrClN5O.BrH/c15-13-18-10-11(19-13)21(7-8-1-3-9(16)4-2-8)14-17-5-6-20(14)12(10)22;/h1-4H,5-7H2,(H,18,19);1H. The van der Waals surface area contributed by atoms with Crippen LogP contribution in [0.1, 0.15) is 16.1 Å². The lowest BCUT2D eigenvalue weighted by atomic mass is 10.2. The van der Waals surface area contributed by atoms with Crippen LogP contribution in [-0.4, -0.2) is 39.8 Å². The third-order valence-electron chi connectivity index (χ3n) is 3.68. The van der Waals surface area contributed by atoms with Crippen molar-refractivity contribution in [3.05, 3.63) is 45.3 Å². The molecule has 120 valence electrons. The lowest BCUT2D eigenvalue weighted by Crippen LogP contribution is -2.49. The molecule has 0 bridgehead atoms. The van der Waals surface area contributed by atoms with Crippen molar-refractivity contribution in [1.82, 2.24) is 14.9 Å². The van der Waals surface area contributed by atoms with Crippen molar-refractivity contribution in [1.29, 1.82) is 0 Å². The molecule has 0 atom stereocenters. The molecule has 3 heterocycles. The Labute approximate surface area is 156 Å². The number of hydrogen-bond acceptors (Lipinski definition) is 4. The molecule has 1 aromatic heterocycles. The van der Waals surface area contributed by atoms with Crippen molar-refractivity contribution in [2.45, 2.75) is 6.54 Å². The number of benzene rings is 1. The number of rotatable bonds is 2. The Balaban J connectivity index is 0.00000156. The predicted molar refractivity (Wildman–Crippen MR) is 97.6 cm³/mol. The summed E-state index contributed by atoms with van der Waals surface area (Å²) >= 11 is 9.23. The molecule has 1 aromatic carbocycles. The number of nitrogens with one attached hydrogen (secondary N) is 1. The third kappa shape index (κ3) is 2.79. The molecule has 1 amide bonds. The van der Waals surface area contributed by atoms with Gasteiger partial charge >= 0.3 is 0 Å². The number of anilines is 1. The number of H-pyrrole nitrogens is 1. The molecule has 0 radical (unpaired) electrons. The van der Waals surface area contributed by atoms with Gasteiger partial charge in [0.05, 0.1) is 13.1 Å². The van der Waals surface area contributed by atoms with Crippen molar-refractivity contribution in [2.75, 3.05) is 18.0 Å². The smallest absolute Gasteiger partial charge is 0.281 e. The van der Waals surface area contributed by atoms with Crippen LogP contribution in [0.3, 0.4) is 0 Å². The summed E-state index contributed by atoms with van der Waals surface area (Å²) < 4.78 is 0.536. The molecular weight excluding hydrogens is 449 g/mol. The average Bonchev–Trinajstić information content (AvgIpc) is 3.12. The topological polar surface area (TPSA) is 64.6 Å². The fourth-order valence-corrected chi connectivity index (χ4v) is 3.18. The summed E-state index contributed by atoms with van der Waals surface area (Å²) in [6, 6.07) is 7.61. The van der Waals surface area contributed by atoms with E-state index in [1.54, 1.807) is 4.90 Å². The third-order valence-corrected chi connectivity index (χ3v) is 4.31. The summed E-state index contributed by atoms with van der Waals surface area (Å²) in [7, 11) is 0. The number of aromatic amines is 1. The first-order chi connectivity index (χ1) is 10.6. The van der Waals surface area contributed by atoms with Gasteiger partial charge in [-0.15, -0.1) is 17.0 Å². The van der Waals surface area contributed by atoms with Crippen molar-refractivity contribution in [3.63, 3.8) is 0 Å². The minimum Gasteiger partial charge on any atom is -0.327 e. The van der Waals surface area contributed by atoms with Gasteiger partial charge in [-0.05, 0) is 33.6 Å². The van der Waals surface area contributed by atoms with E-state index in [0.29, 0.717) is 46.9 Å². The molecule has 0 saturated heterocycles. The van der Waals surface area contributed by atoms with Gasteiger partial charge in [-0.3, -0.25) is 19.6 Å². The van der Waals surface area contributed by atoms with Gasteiger partial charge < -0.3 is 4.98 Å². The predicted octanol–water partition coefficient (Wildman–Crippen LogP) is 3.24. The van der Waals surface area contributed by atoms with E-state index in [1.807, 2.05) is 29.2 Å². The maximum atomic E-state index is 12.5. The number of aromatic nitrogens is 2. The van der Waals surface area contributed by atoms with E-state index in [1.165, 1.54) is 0 Å². The molecule has 0 aliphatic carbocycles. The number of fused-ring (bicyclic) bond motifs is 2. The second kappa shape index (κ2) is 6.26. The Hall–Kier alpha value is -1.38. The molecule has 9 heteroatoms. The second-order valence-corrected chi connectivity index (χ2v) is 6.26. The highest BCUT2D eigenvalue weighted by atomic mass is 79.9. The molecule has 2 aromatic rings. The van der Waals surface area contributed by atoms with Crippen molar-refractivity contribution < 1.29 is 4.79 Å². The molecule has 0 fully saturated rings. The SMILES string of the molecule is Br.O=C1c2[nH]c(Br)nc2N(Cc2ccc(Cl)cc2)C2=NCCN12. The van der Waals surface area contributed by atoms with Crippen molar-refractivity contribution >= 4 is 62.2 Å². The number of carbonyl (C=O) groups excluding carboxylic acids is 1. The highest BCUT2D eigenvalue weighted by Crippen LogP contribution is 2.31. The molecule has 0 unspecified atom stereocenters. The summed E-state index contributed by atoms with van der Waals surface area (Å²) in [5, 5.41) is 0.695. The lowest BCUT2D eigenvalue weighted by molar-refractivity contribution is 0.0846. The minimum absolute atomic E-state index is 0. The largest absolute Gasteiger partial charge is 0.327 e. The number of amides is 1. The van der Waals surface area contributed by atoms with Crippen LogP contribution in [0, 0.1) is 0 Å². The average molecular weight is 462 g/mol. The van der Waals surface area contributed by atoms with Gasteiger partial charge in [-0.25, -0.2) is 4.98 Å². The number of guanidine groups is 1. The summed E-state index contributed by atoms with van der Waals surface area (Å²) in [5.74, 6) is 1.17. The molecule has 0 spiro atoms. The monoisotopic (exact) mass is 459 g/mol. The second-order valence-electron chi connectivity index (χ2n) is 5.08. The Morgan fingerprint density at radius 2 is 2.04 bits per heavy atom. The maximum absolute atomic E-state index is 12.5. The van der Waals surface area contributed by atoms with Gasteiger partial charge in [0.2, 0.25) is 5.96 Å². The quantitative estimate of drug-likeness (QED) is 0.747. The fraction of sp³-hybridized carbons (Fsp3) is 0.214. The van der Waals surface area contributed by atoms with Gasteiger partial charge in [0.1, 0.15) is 0 Å². The number of imidazole rings is 1. The summed E-state index contributed by atoms with van der Waals surface area (Å²) in [6.45, 7) is 1.79. The van der Waals surface area contributed by atoms with Crippen LogP contribution in [-0.2, 0) is 6.54 Å². The van der Waals surface area contributed by atoms with Gasteiger partial charge in [0, 0.05) is 11.6 Å². The highest BCUT2D eigenvalue weighted by Gasteiger charge is 2.39. The number of carbonyl (C=O) groups is 1. The molecular formula is C14H12Br2ClN5O. The highest BCUT2D eigenvalue weighted by molar-refractivity contribution is 9.10. The first kappa shape index (κ1) is 16.5. The van der Waals surface area contributed by atoms with Crippen molar-refractivity contribution in [3.8, 4) is 0 Å². The van der Waals surface area contributed by atoms with Gasteiger partial charge in [0.25, 0.3) is 5.91 Å². The first-order valence-corrected chi connectivity index (χ1v) is 7.94. The number of aliphatic imine (C=N–C) groups is 1. The Bertz CT molecular complexity index is 789. The zero-order chi connectivity index (χ0) is 15.3. The van der Waals surface area contributed by atoms with E-state index in [0.717, 1.165) is 5.56 Å². The van der Waals surface area contributed by atoms with E-state index < -0.39 is 0 Å². The molecule has 23 heavy (non-hydrogen) atoms. The van der Waals surface area contributed by atoms with Gasteiger partial charge in [-0.1, -0.05) is 23.7 Å². The van der Waals surface area contributed by atoms with E-state index >= 15 is 0 Å². The number of nitrogens with zero attached hydrogens (tertiary/aromatic N) is 4. The van der Waals surface area contributed by atoms with Crippen LogP contribution in [0.4, 0.5) is 5.82 Å². The van der Waals surface area contributed by atoms with E-state index in [-0.39, 0.29) is 22.9 Å². The molecule has 2 aliphatic rings. The van der Waals surface area contributed by atoms with E-state index in [4.69, 9.17) is 11.6 Å². The molecule has 2 aliphatic heterocycles. The van der Waals surface area contributed by atoms with Crippen LogP contribution in [0.2, 0.25) is 5.02 Å². The number of halogens is 3. The Morgan fingerprint density at radius 1 is 1.30 bits per heavy atom. The van der Waals surface area contributed by atoms with Crippen LogP contribution in [0.5, 0.6) is 0 Å². The van der Waals surface area contributed by atoms with E-state index in [2.05, 4.69) is 30.9 Å². The van der Waals surface area contributed by atoms with Crippen LogP contribution in [0.15, 0.2) is 34.0 Å². The lowest BCUT2D eigenvalue weighted by Gasteiger charge is -2.33. The maximum Gasteiger partial charge on any atom is 0.281 e. The summed E-state index contributed by atoms with van der Waals surface area (Å²) in [6.07, 6.45) is 0. The first-order valence-electron chi connectivity index (χ1n) is 6.77. The summed E-state index contributed by atoms with van der Waals surface area (Å²) in [5.41, 5.74) is 1.56. The molecule has 4 rings (SSSR count). The van der Waals surface area contributed by atoms with E-state index in [9.17, 15) is 4.79 Å². The normalized spacial score (nSPS) is 15.9. The van der Waals surface area contributed by atoms with Gasteiger partial charge in [0.15, 0.2) is 16.2 Å².